The fourth-order valence-electron chi connectivity index (χ4n) is 5.89. The molecule has 8 heteroatoms. The van der Waals surface area contributed by atoms with Crippen LogP contribution in [0.15, 0.2) is 16.7 Å². The number of rotatable bonds is 7. The maximum absolute atomic E-state index is 13.8. The van der Waals surface area contributed by atoms with E-state index in [4.69, 9.17) is 9.26 Å². The third-order valence-corrected chi connectivity index (χ3v) is 8.16. The fraction of sp³-hybridized carbons (Fsp3) is 0.704. The van der Waals surface area contributed by atoms with Gasteiger partial charge in [-0.3, -0.25) is 9.69 Å². The van der Waals surface area contributed by atoms with Crippen LogP contribution in [0, 0.1) is 18.7 Å². The molecule has 0 spiro atoms. The summed E-state index contributed by atoms with van der Waals surface area (Å²) in [5, 5.41) is 8.39. The highest BCUT2D eigenvalue weighted by atomic mass is 19.1. The van der Waals surface area contributed by atoms with Crippen LogP contribution in [-0.4, -0.2) is 67.4 Å². The Bertz CT molecular complexity index is 990. The second kappa shape index (κ2) is 11.2. The average molecular weight is 487 g/mol. The first-order valence-electron chi connectivity index (χ1n) is 13.5. The zero-order valence-electron chi connectivity index (χ0n) is 20.9. The summed E-state index contributed by atoms with van der Waals surface area (Å²) in [4.78, 5) is 17.2. The van der Waals surface area contributed by atoms with Crippen LogP contribution in [0.3, 0.4) is 0 Å². The number of hydrogen-bond acceptors (Lipinski definition) is 6. The highest BCUT2D eigenvalue weighted by molar-refractivity contribution is 5.89. The number of carbonyl (C=O) groups is 1. The molecule has 1 atom stereocenters. The molecule has 3 fully saturated rings. The summed E-state index contributed by atoms with van der Waals surface area (Å²) in [6.07, 6.45) is 9.77. The molecule has 192 valence electrons. The van der Waals surface area contributed by atoms with E-state index in [-0.39, 0.29) is 17.8 Å². The summed E-state index contributed by atoms with van der Waals surface area (Å²) in [5.74, 6) is 1.49. The minimum absolute atomic E-state index is 0.121. The van der Waals surface area contributed by atoms with Crippen LogP contribution < -0.4 is 10.2 Å². The van der Waals surface area contributed by atoms with Crippen molar-refractivity contribution in [2.75, 3.05) is 44.2 Å². The number of amides is 1. The number of benzene rings is 1. The Hall–Kier alpha value is -2.19. The number of halogens is 1. The predicted octanol–water partition coefficient (Wildman–Crippen LogP) is 4.42. The maximum atomic E-state index is 13.8. The van der Waals surface area contributed by atoms with Crippen LogP contribution >= 0.6 is 0 Å². The van der Waals surface area contributed by atoms with E-state index in [0.29, 0.717) is 23.6 Å². The lowest BCUT2D eigenvalue weighted by Crippen LogP contribution is -2.47. The van der Waals surface area contributed by atoms with Crippen molar-refractivity contribution in [2.24, 2.45) is 5.92 Å². The summed E-state index contributed by atoms with van der Waals surface area (Å²) in [7, 11) is 0. The molecule has 1 aliphatic carbocycles. The van der Waals surface area contributed by atoms with Crippen LogP contribution in [0.5, 0.6) is 0 Å². The molecular formula is C27H39FN4O3. The maximum Gasteiger partial charge on any atom is 0.222 e. The highest BCUT2D eigenvalue weighted by Crippen LogP contribution is 2.30. The summed E-state index contributed by atoms with van der Waals surface area (Å²) < 4.78 is 24.9. The van der Waals surface area contributed by atoms with Gasteiger partial charge in [-0.1, -0.05) is 5.16 Å². The Morgan fingerprint density at radius 2 is 1.91 bits per heavy atom. The van der Waals surface area contributed by atoms with E-state index in [0.717, 1.165) is 82.1 Å². The van der Waals surface area contributed by atoms with E-state index in [2.05, 4.69) is 20.3 Å². The third kappa shape index (κ3) is 6.15. The summed E-state index contributed by atoms with van der Waals surface area (Å²) in [5.41, 5.74) is 1.13. The first kappa shape index (κ1) is 24.5. The molecule has 3 aliphatic rings. The van der Waals surface area contributed by atoms with E-state index >= 15 is 0 Å². The van der Waals surface area contributed by atoms with Crippen LogP contribution in [0.2, 0.25) is 0 Å². The Morgan fingerprint density at radius 3 is 2.66 bits per heavy atom. The van der Waals surface area contributed by atoms with Gasteiger partial charge in [0.1, 0.15) is 5.82 Å². The largest absolute Gasteiger partial charge is 0.378 e. The van der Waals surface area contributed by atoms with Crippen LogP contribution in [-0.2, 0) is 9.53 Å². The molecule has 1 aromatic heterocycles. The topological polar surface area (TPSA) is 70.8 Å². The van der Waals surface area contributed by atoms with E-state index in [9.17, 15) is 9.18 Å². The average Bonchev–Trinajstić information content (AvgIpc) is 3.27. The first-order chi connectivity index (χ1) is 17.0. The first-order valence-corrected chi connectivity index (χ1v) is 13.5. The van der Waals surface area contributed by atoms with Crippen molar-refractivity contribution in [1.82, 2.24) is 15.4 Å². The van der Waals surface area contributed by atoms with Crippen molar-refractivity contribution in [3.8, 4) is 0 Å². The van der Waals surface area contributed by atoms with Gasteiger partial charge in [-0.05, 0) is 82.4 Å². The molecule has 35 heavy (non-hydrogen) atoms. The van der Waals surface area contributed by atoms with Gasteiger partial charge < -0.3 is 19.5 Å². The number of nitrogens with one attached hydrogen (secondary N) is 1. The van der Waals surface area contributed by atoms with Gasteiger partial charge in [0.2, 0.25) is 5.91 Å². The number of carbonyl (C=O) groups excluding carboxylic acids is 1. The molecule has 2 aromatic rings. The van der Waals surface area contributed by atoms with Gasteiger partial charge in [0, 0.05) is 44.9 Å². The molecule has 2 aliphatic heterocycles. The van der Waals surface area contributed by atoms with Crippen molar-refractivity contribution < 1.29 is 18.4 Å². The zero-order valence-corrected chi connectivity index (χ0v) is 20.9. The molecule has 1 unspecified atom stereocenters. The van der Waals surface area contributed by atoms with Gasteiger partial charge >= 0.3 is 0 Å². The Kier molecular flexibility index (Phi) is 7.88. The van der Waals surface area contributed by atoms with Gasteiger partial charge in [0.05, 0.1) is 17.9 Å². The van der Waals surface area contributed by atoms with Gasteiger partial charge in [-0.15, -0.1) is 0 Å². The van der Waals surface area contributed by atoms with E-state index in [1.54, 1.807) is 6.92 Å². The lowest BCUT2D eigenvalue weighted by Gasteiger charge is -2.36. The molecule has 1 aromatic carbocycles. The van der Waals surface area contributed by atoms with Crippen molar-refractivity contribution in [3.63, 3.8) is 0 Å². The van der Waals surface area contributed by atoms with Gasteiger partial charge in [-0.2, -0.15) is 0 Å². The van der Waals surface area contributed by atoms with Crippen molar-refractivity contribution >= 4 is 22.7 Å². The normalized spacial score (nSPS) is 26.2. The minimum Gasteiger partial charge on any atom is -0.378 e. The number of aromatic nitrogens is 1. The van der Waals surface area contributed by atoms with Gasteiger partial charge in [-0.25, -0.2) is 4.39 Å². The van der Waals surface area contributed by atoms with Gasteiger partial charge in [0.25, 0.3) is 0 Å². The Morgan fingerprint density at radius 1 is 1.11 bits per heavy atom. The molecule has 1 N–H and O–H groups in total. The molecule has 7 nitrogen and oxygen atoms in total. The van der Waals surface area contributed by atoms with Crippen LogP contribution in [0.1, 0.15) is 63.4 Å². The zero-order chi connectivity index (χ0) is 24.2. The lowest BCUT2D eigenvalue weighted by atomic mass is 9.84. The molecule has 2 saturated heterocycles. The van der Waals surface area contributed by atoms with Crippen molar-refractivity contribution in [1.29, 1.82) is 0 Å². The molecular weight excluding hydrogens is 447 g/mol. The summed E-state index contributed by atoms with van der Waals surface area (Å²) in [6.45, 7) is 7.52. The molecule has 0 radical (unpaired) electrons. The van der Waals surface area contributed by atoms with Gasteiger partial charge in [0.15, 0.2) is 11.4 Å². The fourth-order valence-corrected chi connectivity index (χ4v) is 5.89. The highest BCUT2D eigenvalue weighted by Gasteiger charge is 2.26. The van der Waals surface area contributed by atoms with E-state index in [1.807, 2.05) is 6.07 Å². The number of nitrogens with zero attached hydrogens (tertiary/aromatic N) is 3. The van der Waals surface area contributed by atoms with Crippen molar-refractivity contribution in [2.45, 2.75) is 76.9 Å². The van der Waals surface area contributed by atoms with Crippen LogP contribution in [0.4, 0.5) is 10.2 Å². The second-order valence-corrected chi connectivity index (χ2v) is 10.7. The standard InChI is InChI=1S/C27H39FN4O3/c1-19-16-23-25(18-24(19)28)35-30-27(23)32-13-11-31(12-14-32)10-9-20-5-7-21(8-6-20)29-26(33)17-22-4-2-3-15-34-22/h16,18,20-22H,2-15,17H2,1H3,(H,29,33)/t20-,21-,22?. The Balaban J connectivity index is 1.00. The SMILES string of the molecule is Cc1cc2c(N3CCN(CC[C@H]4CC[C@H](NC(=O)CC5CCCCO5)CC4)CC3)noc2cc1F. The molecule has 1 saturated carbocycles. The van der Waals surface area contributed by atoms with E-state index in [1.165, 1.54) is 31.7 Å². The number of fused-ring (bicyclic) bond motifs is 1. The number of ether oxygens (including phenoxy) is 1. The quantitative estimate of drug-likeness (QED) is 0.625. The van der Waals surface area contributed by atoms with E-state index < -0.39 is 0 Å². The molecule has 3 heterocycles. The third-order valence-electron chi connectivity index (χ3n) is 8.16. The number of hydrogen-bond donors (Lipinski definition) is 1. The monoisotopic (exact) mass is 486 g/mol. The van der Waals surface area contributed by atoms with Crippen molar-refractivity contribution in [3.05, 3.63) is 23.5 Å². The Labute approximate surface area is 207 Å². The predicted molar refractivity (Wildman–Crippen MR) is 134 cm³/mol. The summed E-state index contributed by atoms with van der Waals surface area (Å²) >= 11 is 0. The number of aryl methyl sites for hydroxylation is 1. The molecule has 0 bridgehead atoms. The molecule has 1 amide bonds. The number of anilines is 1. The molecule has 5 rings (SSSR count). The number of piperazine rings is 1. The minimum atomic E-state index is -0.254. The smallest absolute Gasteiger partial charge is 0.222 e. The van der Waals surface area contributed by atoms with Crippen LogP contribution in [0.25, 0.3) is 11.0 Å². The lowest BCUT2D eigenvalue weighted by molar-refractivity contribution is -0.125. The summed E-state index contributed by atoms with van der Waals surface area (Å²) in [6, 6.07) is 3.61. The second-order valence-electron chi connectivity index (χ2n) is 10.7.